The lowest BCUT2D eigenvalue weighted by molar-refractivity contribution is 0.598. The Balaban J connectivity index is 1.85. The Bertz CT molecular complexity index is 1330. The van der Waals surface area contributed by atoms with Crippen LogP contribution in [0.5, 0.6) is 0 Å². The van der Waals surface area contributed by atoms with Crippen LogP contribution in [0.4, 0.5) is 11.5 Å². The number of rotatable bonds is 4. The second kappa shape index (κ2) is 7.11. The van der Waals surface area contributed by atoms with Gasteiger partial charge in [-0.05, 0) is 62.4 Å². The van der Waals surface area contributed by atoms with Crippen molar-refractivity contribution in [3.8, 4) is 5.82 Å². The van der Waals surface area contributed by atoms with Gasteiger partial charge in [-0.15, -0.1) is 0 Å². The molecule has 0 unspecified atom stereocenters. The van der Waals surface area contributed by atoms with Crippen molar-refractivity contribution in [1.29, 1.82) is 0 Å². The SMILES string of the molecule is Cc1cc(C)n(-c2nc3ccc(Cl)cc3nc2Nc2ccc(S(N)(=O)=O)cc2)n1. The Morgan fingerprint density at radius 3 is 2.34 bits per heavy atom. The number of halogens is 1. The van der Waals surface area contributed by atoms with E-state index in [0.29, 0.717) is 33.4 Å². The van der Waals surface area contributed by atoms with Crippen molar-refractivity contribution >= 4 is 44.2 Å². The first-order valence-electron chi connectivity index (χ1n) is 8.61. The van der Waals surface area contributed by atoms with E-state index >= 15 is 0 Å². The molecule has 0 bridgehead atoms. The number of aryl methyl sites for hydroxylation is 2. The van der Waals surface area contributed by atoms with Crippen LogP contribution in [0.25, 0.3) is 16.9 Å². The average molecular weight is 429 g/mol. The number of nitrogens with two attached hydrogens (primary N) is 1. The van der Waals surface area contributed by atoms with Gasteiger partial charge >= 0.3 is 0 Å². The van der Waals surface area contributed by atoms with E-state index in [1.807, 2.05) is 19.9 Å². The molecular formula is C19H17ClN6O2S. The molecule has 2 aromatic heterocycles. The van der Waals surface area contributed by atoms with E-state index in [2.05, 4.69) is 15.4 Å². The van der Waals surface area contributed by atoms with Gasteiger partial charge in [-0.1, -0.05) is 11.6 Å². The summed E-state index contributed by atoms with van der Waals surface area (Å²) >= 11 is 6.10. The van der Waals surface area contributed by atoms with Crippen LogP contribution < -0.4 is 10.5 Å². The van der Waals surface area contributed by atoms with Crippen molar-refractivity contribution in [1.82, 2.24) is 19.7 Å². The van der Waals surface area contributed by atoms with Gasteiger partial charge in [-0.3, -0.25) is 0 Å². The van der Waals surface area contributed by atoms with Gasteiger partial charge in [0.05, 0.1) is 21.6 Å². The molecule has 0 radical (unpaired) electrons. The molecule has 3 N–H and O–H groups in total. The molecular weight excluding hydrogens is 412 g/mol. The van der Waals surface area contributed by atoms with Crippen LogP contribution in [0.2, 0.25) is 5.02 Å². The predicted octanol–water partition coefficient (Wildman–Crippen LogP) is 3.48. The fraction of sp³-hybridized carbons (Fsp3) is 0.105. The smallest absolute Gasteiger partial charge is 0.238 e. The summed E-state index contributed by atoms with van der Waals surface area (Å²) in [7, 11) is -3.76. The Morgan fingerprint density at radius 1 is 1.00 bits per heavy atom. The summed E-state index contributed by atoms with van der Waals surface area (Å²) in [6, 6.07) is 13.3. The highest BCUT2D eigenvalue weighted by atomic mass is 35.5. The van der Waals surface area contributed by atoms with Gasteiger partial charge < -0.3 is 5.32 Å². The number of aromatic nitrogens is 4. The minimum atomic E-state index is -3.76. The van der Waals surface area contributed by atoms with Gasteiger partial charge in [-0.2, -0.15) is 5.10 Å². The van der Waals surface area contributed by atoms with Crippen molar-refractivity contribution in [3.63, 3.8) is 0 Å². The molecule has 2 aromatic carbocycles. The van der Waals surface area contributed by atoms with Crippen LogP contribution in [0, 0.1) is 13.8 Å². The molecule has 0 amide bonds. The molecule has 0 aliphatic rings. The lowest BCUT2D eigenvalue weighted by Gasteiger charge is -2.13. The third kappa shape index (κ3) is 3.93. The van der Waals surface area contributed by atoms with E-state index in [1.54, 1.807) is 35.0 Å². The van der Waals surface area contributed by atoms with E-state index in [1.165, 1.54) is 12.1 Å². The van der Waals surface area contributed by atoms with E-state index in [0.717, 1.165) is 11.4 Å². The van der Waals surface area contributed by atoms with Crippen LogP contribution in [0.1, 0.15) is 11.4 Å². The molecule has 0 atom stereocenters. The van der Waals surface area contributed by atoms with E-state index in [4.69, 9.17) is 21.7 Å². The lowest BCUT2D eigenvalue weighted by Crippen LogP contribution is -2.12. The van der Waals surface area contributed by atoms with Gasteiger partial charge in [0.1, 0.15) is 0 Å². The Kier molecular flexibility index (Phi) is 4.73. The fourth-order valence-electron chi connectivity index (χ4n) is 2.96. The van der Waals surface area contributed by atoms with Crippen molar-refractivity contribution in [2.75, 3.05) is 5.32 Å². The summed E-state index contributed by atoms with van der Waals surface area (Å²) < 4.78 is 24.6. The molecule has 8 nitrogen and oxygen atoms in total. The summed E-state index contributed by atoms with van der Waals surface area (Å²) in [5, 5.41) is 13.4. The van der Waals surface area contributed by atoms with Gasteiger partial charge in [0, 0.05) is 16.4 Å². The number of benzene rings is 2. The summed E-state index contributed by atoms with van der Waals surface area (Å²) in [5.74, 6) is 0.968. The second-order valence-electron chi connectivity index (χ2n) is 6.56. The van der Waals surface area contributed by atoms with Crippen molar-refractivity contribution in [2.24, 2.45) is 5.14 Å². The molecule has 0 spiro atoms. The summed E-state index contributed by atoms with van der Waals surface area (Å²) in [6.07, 6.45) is 0. The Hall–Kier alpha value is -3.01. The minimum absolute atomic E-state index is 0.0261. The molecule has 0 aliphatic heterocycles. The van der Waals surface area contributed by atoms with Gasteiger partial charge in [0.2, 0.25) is 10.0 Å². The summed E-state index contributed by atoms with van der Waals surface area (Å²) in [6.45, 7) is 3.83. The number of nitrogens with one attached hydrogen (secondary N) is 1. The number of sulfonamides is 1. The number of nitrogens with zero attached hydrogens (tertiary/aromatic N) is 4. The maximum atomic E-state index is 11.5. The summed E-state index contributed by atoms with van der Waals surface area (Å²) in [5.41, 5.74) is 3.66. The zero-order chi connectivity index (χ0) is 20.8. The predicted molar refractivity (Wildman–Crippen MR) is 112 cm³/mol. The first-order valence-corrected chi connectivity index (χ1v) is 10.5. The van der Waals surface area contributed by atoms with Crippen LogP contribution in [0.15, 0.2) is 53.4 Å². The van der Waals surface area contributed by atoms with Crippen LogP contribution in [0.3, 0.4) is 0 Å². The molecule has 10 heteroatoms. The highest BCUT2D eigenvalue weighted by Crippen LogP contribution is 2.27. The monoisotopic (exact) mass is 428 g/mol. The maximum Gasteiger partial charge on any atom is 0.238 e. The highest BCUT2D eigenvalue weighted by molar-refractivity contribution is 7.89. The molecule has 148 valence electrons. The number of primary sulfonamides is 1. The topological polar surface area (TPSA) is 116 Å². The first-order chi connectivity index (χ1) is 13.7. The molecule has 0 fully saturated rings. The highest BCUT2D eigenvalue weighted by Gasteiger charge is 2.15. The van der Waals surface area contributed by atoms with Gasteiger partial charge in [-0.25, -0.2) is 28.2 Å². The quantitative estimate of drug-likeness (QED) is 0.514. The largest absolute Gasteiger partial charge is 0.337 e. The molecule has 0 saturated heterocycles. The third-order valence-electron chi connectivity index (χ3n) is 4.26. The number of hydrogen-bond acceptors (Lipinski definition) is 6. The zero-order valence-corrected chi connectivity index (χ0v) is 17.2. The van der Waals surface area contributed by atoms with Crippen molar-refractivity contribution in [3.05, 3.63) is 64.9 Å². The van der Waals surface area contributed by atoms with Gasteiger partial charge in [0.25, 0.3) is 0 Å². The van der Waals surface area contributed by atoms with Crippen LogP contribution in [-0.4, -0.2) is 28.2 Å². The maximum absolute atomic E-state index is 11.5. The standard InChI is InChI=1S/C19H17ClN6O2S/c1-11-9-12(2)26(25-11)19-18(23-17-10-13(20)3-8-16(17)24-19)22-14-4-6-15(7-5-14)29(21,27)28/h3-10H,1-2H3,(H,22,23)(H2,21,27,28). The first kappa shape index (κ1) is 19.3. The van der Waals surface area contributed by atoms with Gasteiger partial charge in [0.15, 0.2) is 11.6 Å². The number of hydrogen-bond donors (Lipinski definition) is 2. The van der Waals surface area contributed by atoms with Crippen molar-refractivity contribution in [2.45, 2.75) is 18.7 Å². The van der Waals surface area contributed by atoms with E-state index in [-0.39, 0.29) is 4.90 Å². The molecule has 4 aromatic rings. The second-order valence-corrected chi connectivity index (χ2v) is 8.56. The van der Waals surface area contributed by atoms with Crippen LogP contribution in [-0.2, 0) is 10.0 Å². The Morgan fingerprint density at radius 2 is 1.72 bits per heavy atom. The molecule has 0 saturated carbocycles. The fourth-order valence-corrected chi connectivity index (χ4v) is 3.64. The zero-order valence-electron chi connectivity index (χ0n) is 15.6. The normalized spacial score (nSPS) is 11.7. The average Bonchev–Trinajstić information content (AvgIpc) is 2.99. The lowest BCUT2D eigenvalue weighted by atomic mass is 10.3. The van der Waals surface area contributed by atoms with E-state index < -0.39 is 10.0 Å². The minimum Gasteiger partial charge on any atom is -0.337 e. The number of fused-ring (bicyclic) bond motifs is 1. The molecule has 0 aliphatic carbocycles. The molecule has 4 rings (SSSR count). The number of anilines is 2. The molecule has 29 heavy (non-hydrogen) atoms. The summed E-state index contributed by atoms with van der Waals surface area (Å²) in [4.78, 5) is 9.41. The van der Waals surface area contributed by atoms with E-state index in [9.17, 15) is 8.42 Å². The van der Waals surface area contributed by atoms with Crippen molar-refractivity contribution < 1.29 is 8.42 Å². The Labute approximate surface area is 172 Å². The third-order valence-corrected chi connectivity index (χ3v) is 5.43. The van der Waals surface area contributed by atoms with Crippen LogP contribution >= 0.6 is 11.6 Å². The molecule has 2 heterocycles.